The summed E-state index contributed by atoms with van der Waals surface area (Å²) in [5.74, 6) is 0.205. The van der Waals surface area contributed by atoms with Gasteiger partial charge in [0.1, 0.15) is 0 Å². The molecule has 16 heavy (non-hydrogen) atoms. The number of rotatable bonds is 5. The molecule has 1 aliphatic heterocycles. The first-order chi connectivity index (χ1) is 7.42. The molecule has 0 saturated carbocycles. The fraction of sp³-hybridized carbons (Fsp3) is 0.818. The second-order valence-corrected chi connectivity index (χ2v) is 6.76. The van der Waals surface area contributed by atoms with Crippen molar-refractivity contribution in [3.8, 4) is 0 Å². The molecular weight excluding hydrogens is 224 g/mol. The van der Waals surface area contributed by atoms with Crippen LogP contribution in [0.1, 0.15) is 26.2 Å². The van der Waals surface area contributed by atoms with Gasteiger partial charge in [-0.1, -0.05) is 18.6 Å². The van der Waals surface area contributed by atoms with Crippen molar-refractivity contribution in [1.82, 2.24) is 9.62 Å². The Kier molecular flexibility index (Phi) is 4.95. The van der Waals surface area contributed by atoms with Crippen LogP contribution in [0.3, 0.4) is 0 Å². The summed E-state index contributed by atoms with van der Waals surface area (Å²) in [6.07, 6.45) is 3.23. The third kappa shape index (κ3) is 4.23. The van der Waals surface area contributed by atoms with Crippen molar-refractivity contribution >= 4 is 10.0 Å². The van der Waals surface area contributed by atoms with E-state index in [2.05, 4.69) is 11.9 Å². The standard InChI is InChI=1S/C11H22N2O2S/c1-10(2)8-13(3)16(14,15)9-11-6-4-5-7-12-11/h11-12H,1,4-9H2,2-3H3. The zero-order valence-electron chi connectivity index (χ0n) is 10.2. The van der Waals surface area contributed by atoms with Gasteiger partial charge in [-0.15, -0.1) is 0 Å². The predicted octanol–water partition coefficient (Wildman–Crippen LogP) is 0.966. The molecule has 1 N–H and O–H groups in total. The fourth-order valence-electron chi connectivity index (χ4n) is 1.93. The third-order valence-corrected chi connectivity index (χ3v) is 4.69. The van der Waals surface area contributed by atoms with Crippen molar-refractivity contribution in [2.45, 2.75) is 32.2 Å². The van der Waals surface area contributed by atoms with E-state index in [9.17, 15) is 8.42 Å². The predicted molar refractivity (Wildman–Crippen MR) is 66.9 cm³/mol. The fourth-order valence-corrected chi connectivity index (χ4v) is 3.39. The highest BCUT2D eigenvalue weighted by atomic mass is 32.2. The van der Waals surface area contributed by atoms with E-state index in [0.29, 0.717) is 6.54 Å². The zero-order valence-corrected chi connectivity index (χ0v) is 11.0. The summed E-state index contributed by atoms with van der Waals surface area (Å²) in [6.45, 7) is 6.92. The van der Waals surface area contributed by atoms with E-state index in [1.165, 1.54) is 4.31 Å². The SMILES string of the molecule is C=C(C)CN(C)S(=O)(=O)CC1CCCCN1. The van der Waals surface area contributed by atoms with Crippen LogP contribution in [0.2, 0.25) is 0 Å². The lowest BCUT2D eigenvalue weighted by atomic mass is 10.1. The Hall–Kier alpha value is -0.390. The van der Waals surface area contributed by atoms with Gasteiger partial charge in [-0.3, -0.25) is 0 Å². The first-order valence-corrected chi connectivity index (χ1v) is 7.34. The van der Waals surface area contributed by atoms with Crippen LogP contribution in [0.25, 0.3) is 0 Å². The highest BCUT2D eigenvalue weighted by molar-refractivity contribution is 7.89. The minimum atomic E-state index is -3.14. The average Bonchev–Trinajstić information content (AvgIpc) is 2.17. The van der Waals surface area contributed by atoms with E-state index in [1.54, 1.807) is 7.05 Å². The Morgan fingerprint density at radius 1 is 1.50 bits per heavy atom. The zero-order chi connectivity index (χ0) is 12.2. The van der Waals surface area contributed by atoms with Crippen LogP contribution in [-0.2, 0) is 10.0 Å². The van der Waals surface area contributed by atoms with Crippen LogP contribution >= 0.6 is 0 Å². The minimum Gasteiger partial charge on any atom is -0.313 e. The Balaban J connectivity index is 2.52. The molecule has 1 rings (SSSR count). The number of hydrogen-bond acceptors (Lipinski definition) is 3. The number of hydrogen-bond donors (Lipinski definition) is 1. The smallest absolute Gasteiger partial charge is 0.215 e. The monoisotopic (exact) mass is 246 g/mol. The summed E-state index contributed by atoms with van der Waals surface area (Å²) in [6, 6.07) is 0.117. The second-order valence-electron chi connectivity index (χ2n) is 4.64. The first-order valence-electron chi connectivity index (χ1n) is 5.73. The van der Waals surface area contributed by atoms with Crippen LogP contribution in [0.15, 0.2) is 12.2 Å². The van der Waals surface area contributed by atoms with E-state index in [4.69, 9.17) is 0 Å². The van der Waals surface area contributed by atoms with Gasteiger partial charge in [0, 0.05) is 19.6 Å². The van der Waals surface area contributed by atoms with Gasteiger partial charge in [-0.2, -0.15) is 0 Å². The van der Waals surface area contributed by atoms with Crippen molar-refractivity contribution in [2.24, 2.45) is 0 Å². The van der Waals surface area contributed by atoms with Gasteiger partial charge in [0.25, 0.3) is 0 Å². The summed E-state index contributed by atoms with van der Waals surface area (Å²) in [7, 11) is -1.53. The van der Waals surface area contributed by atoms with Crippen LogP contribution in [-0.4, -0.2) is 44.7 Å². The molecule has 1 heterocycles. The highest BCUT2D eigenvalue weighted by Gasteiger charge is 2.24. The molecule has 0 amide bonds. The van der Waals surface area contributed by atoms with Crippen molar-refractivity contribution in [3.05, 3.63) is 12.2 Å². The molecular formula is C11H22N2O2S. The lowest BCUT2D eigenvalue weighted by Gasteiger charge is -2.26. The maximum Gasteiger partial charge on any atom is 0.215 e. The molecule has 1 aliphatic rings. The molecule has 0 aromatic heterocycles. The molecule has 0 aromatic carbocycles. The molecule has 0 aliphatic carbocycles. The van der Waals surface area contributed by atoms with Crippen molar-refractivity contribution in [2.75, 3.05) is 25.9 Å². The number of sulfonamides is 1. The summed E-state index contributed by atoms with van der Waals surface area (Å²) in [5.41, 5.74) is 0.864. The van der Waals surface area contributed by atoms with Crippen LogP contribution in [0.5, 0.6) is 0 Å². The Bertz CT molecular complexity index is 332. The topological polar surface area (TPSA) is 49.4 Å². The van der Waals surface area contributed by atoms with Gasteiger partial charge in [0.05, 0.1) is 5.75 Å². The molecule has 5 heteroatoms. The van der Waals surface area contributed by atoms with E-state index in [1.807, 2.05) is 6.92 Å². The number of likely N-dealkylation sites (N-methyl/N-ethyl adjacent to an activating group) is 1. The Morgan fingerprint density at radius 3 is 2.69 bits per heavy atom. The number of nitrogens with zero attached hydrogens (tertiary/aromatic N) is 1. The van der Waals surface area contributed by atoms with Gasteiger partial charge in [0.15, 0.2) is 0 Å². The van der Waals surface area contributed by atoms with Crippen molar-refractivity contribution in [3.63, 3.8) is 0 Å². The van der Waals surface area contributed by atoms with Gasteiger partial charge in [-0.25, -0.2) is 12.7 Å². The quantitative estimate of drug-likeness (QED) is 0.735. The molecule has 0 aromatic rings. The van der Waals surface area contributed by atoms with Crippen molar-refractivity contribution < 1.29 is 8.42 Å². The second kappa shape index (κ2) is 5.80. The van der Waals surface area contributed by atoms with E-state index in [-0.39, 0.29) is 11.8 Å². The molecule has 4 nitrogen and oxygen atoms in total. The number of nitrogens with one attached hydrogen (secondary N) is 1. The average molecular weight is 246 g/mol. The minimum absolute atomic E-state index is 0.117. The highest BCUT2D eigenvalue weighted by Crippen LogP contribution is 2.11. The van der Waals surface area contributed by atoms with Gasteiger partial charge >= 0.3 is 0 Å². The van der Waals surface area contributed by atoms with E-state index in [0.717, 1.165) is 31.4 Å². The molecule has 0 bridgehead atoms. The number of piperidine rings is 1. The van der Waals surface area contributed by atoms with Gasteiger partial charge in [0.2, 0.25) is 10.0 Å². The molecule has 1 fully saturated rings. The summed E-state index contributed by atoms with van der Waals surface area (Å²) >= 11 is 0. The van der Waals surface area contributed by atoms with Crippen LogP contribution in [0.4, 0.5) is 0 Å². The lowest BCUT2D eigenvalue weighted by molar-refractivity contribution is 0.413. The molecule has 1 atom stereocenters. The Labute approximate surface area is 98.8 Å². The first kappa shape index (κ1) is 13.7. The summed E-state index contributed by atoms with van der Waals surface area (Å²) in [4.78, 5) is 0. The molecule has 0 radical (unpaired) electrons. The third-order valence-electron chi connectivity index (χ3n) is 2.79. The maximum absolute atomic E-state index is 12.0. The van der Waals surface area contributed by atoms with Crippen LogP contribution < -0.4 is 5.32 Å². The van der Waals surface area contributed by atoms with E-state index < -0.39 is 10.0 Å². The largest absolute Gasteiger partial charge is 0.313 e. The molecule has 1 saturated heterocycles. The van der Waals surface area contributed by atoms with Crippen molar-refractivity contribution in [1.29, 1.82) is 0 Å². The molecule has 0 spiro atoms. The maximum atomic E-state index is 12.0. The van der Waals surface area contributed by atoms with Gasteiger partial charge in [-0.05, 0) is 26.3 Å². The molecule has 1 unspecified atom stereocenters. The molecule has 94 valence electrons. The lowest BCUT2D eigenvalue weighted by Crippen LogP contribution is -2.43. The summed E-state index contributed by atoms with van der Waals surface area (Å²) in [5, 5.41) is 3.26. The Morgan fingerprint density at radius 2 is 2.19 bits per heavy atom. The summed E-state index contributed by atoms with van der Waals surface area (Å²) < 4.78 is 25.4. The normalized spacial score (nSPS) is 22.3. The van der Waals surface area contributed by atoms with Crippen LogP contribution in [0, 0.1) is 0 Å². The van der Waals surface area contributed by atoms with Gasteiger partial charge < -0.3 is 5.32 Å². The van der Waals surface area contributed by atoms with E-state index >= 15 is 0 Å².